The van der Waals surface area contributed by atoms with E-state index in [2.05, 4.69) is 15.2 Å². The van der Waals surface area contributed by atoms with E-state index in [1.807, 2.05) is 6.20 Å². The van der Waals surface area contributed by atoms with Crippen LogP contribution in [0.15, 0.2) is 24.4 Å². The number of carbonyl (C=O) groups excluding carboxylic acids is 1. The lowest BCUT2D eigenvalue weighted by Crippen LogP contribution is -2.35. The van der Waals surface area contributed by atoms with E-state index in [1.54, 1.807) is 0 Å². The zero-order valence-corrected chi connectivity index (χ0v) is 15.8. The van der Waals surface area contributed by atoms with Crippen molar-refractivity contribution >= 4 is 11.9 Å². The molecule has 1 atom stereocenters. The van der Waals surface area contributed by atoms with Crippen molar-refractivity contribution in [3.05, 3.63) is 52.9 Å². The molecular weight excluding hydrogens is 362 g/mol. The number of anilines is 1. The third-order valence-corrected chi connectivity index (χ3v) is 5.61. The molecule has 2 aliphatic rings. The number of aromatic nitrogens is 2. The van der Waals surface area contributed by atoms with Gasteiger partial charge in [-0.2, -0.15) is 0 Å². The molecule has 0 saturated carbocycles. The van der Waals surface area contributed by atoms with Crippen LogP contribution in [0, 0.1) is 17.6 Å². The molecule has 7 heteroatoms. The van der Waals surface area contributed by atoms with Gasteiger partial charge in [-0.3, -0.25) is 4.79 Å². The monoisotopic (exact) mass is 386 g/mol. The minimum Gasteiger partial charge on any atom is -0.352 e. The highest BCUT2D eigenvalue weighted by Crippen LogP contribution is 2.26. The van der Waals surface area contributed by atoms with Gasteiger partial charge in [0.1, 0.15) is 11.6 Å². The van der Waals surface area contributed by atoms with Gasteiger partial charge in [-0.05, 0) is 62.3 Å². The molecule has 5 nitrogen and oxygen atoms in total. The summed E-state index contributed by atoms with van der Waals surface area (Å²) in [4.78, 5) is 24.0. The maximum absolute atomic E-state index is 13.7. The largest absolute Gasteiger partial charge is 0.352 e. The van der Waals surface area contributed by atoms with Crippen molar-refractivity contribution < 1.29 is 13.6 Å². The van der Waals surface area contributed by atoms with Gasteiger partial charge >= 0.3 is 0 Å². The Labute approximate surface area is 163 Å². The van der Waals surface area contributed by atoms with Crippen LogP contribution in [0.3, 0.4) is 0 Å². The number of amides is 1. The third-order valence-electron chi connectivity index (χ3n) is 5.61. The van der Waals surface area contributed by atoms with Crippen LogP contribution < -0.4 is 10.2 Å². The molecule has 4 rings (SSSR count). The molecule has 0 radical (unpaired) electrons. The molecule has 148 valence electrons. The summed E-state index contributed by atoms with van der Waals surface area (Å²) in [6.07, 6.45) is 7.46. The Morgan fingerprint density at radius 3 is 2.86 bits per heavy atom. The molecule has 1 aliphatic heterocycles. The Morgan fingerprint density at radius 2 is 2.04 bits per heavy atom. The summed E-state index contributed by atoms with van der Waals surface area (Å²) in [6, 6.07) is 3.25. The summed E-state index contributed by atoms with van der Waals surface area (Å²) >= 11 is 0. The van der Waals surface area contributed by atoms with Crippen molar-refractivity contribution in [2.75, 3.05) is 18.0 Å². The molecule has 28 heavy (non-hydrogen) atoms. The zero-order chi connectivity index (χ0) is 19.5. The number of carbonyl (C=O) groups is 1. The van der Waals surface area contributed by atoms with E-state index in [-0.39, 0.29) is 23.9 Å². The first-order chi connectivity index (χ1) is 13.6. The molecule has 1 N–H and O–H groups in total. The molecule has 2 aromatic rings. The Balaban J connectivity index is 1.38. The number of hydrogen-bond donors (Lipinski definition) is 1. The van der Waals surface area contributed by atoms with Crippen molar-refractivity contribution in [1.29, 1.82) is 0 Å². The molecule has 1 amide bonds. The van der Waals surface area contributed by atoms with Crippen LogP contribution in [0.5, 0.6) is 0 Å². The van der Waals surface area contributed by atoms with Crippen molar-refractivity contribution in [3.63, 3.8) is 0 Å². The molecule has 0 bridgehead atoms. The summed E-state index contributed by atoms with van der Waals surface area (Å²) in [5.41, 5.74) is 2.18. The molecule has 1 aromatic carbocycles. The van der Waals surface area contributed by atoms with E-state index < -0.39 is 11.6 Å². The van der Waals surface area contributed by atoms with Crippen molar-refractivity contribution in [3.8, 4) is 0 Å². The van der Waals surface area contributed by atoms with Gasteiger partial charge in [0, 0.05) is 43.0 Å². The topological polar surface area (TPSA) is 58.1 Å². The SMILES string of the molecule is O=C(NCc1cc(F)ccc1F)C1CCc2nc(N3CCCCC3)ncc2C1. The minimum atomic E-state index is -0.519. The van der Waals surface area contributed by atoms with Crippen LogP contribution >= 0.6 is 0 Å². The smallest absolute Gasteiger partial charge is 0.225 e. The van der Waals surface area contributed by atoms with E-state index in [0.29, 0.717) is 12.8 Å². The lowest BCUT2D eigenvalue weighted by Gasteiger charge is -2.28. The molecule has 1 aromatic heterocycles. The number of aryl methyl sites for hydroxylation is 1. The Kier molecular flexibility index (Phi) is 5.50. The number of fused-ring (bicyclic) bond motifs is 1. The fraction of sp³-hybridized carbons (Fsp3) is 0.476. The molecular formula is C21H24F2N4O. The fourth-order valence-electron chi connectivity index (χ4n) is 3.97. The Hall–Kier alpha value is -2.57. The molecule has 1 unspecified atom stereocenters. The second-order valence-electron chi connectivity index (χ2n) is 7.58. The van der Waals surface area contributed by atoms with Gasteiger partial charge in [-0.1, -0.05) is 0 Å². The highest BCUT2D eigenvalue weighted by atomic mass is 19.1. The van der Waals surface area contributed by atoms with Crippen LogP contribution in [0.4, 0.5) is 14.7 Å². The first kappa shape index (κ1) is 18.8. The minimum absolute atomic E-state index is 0.0177. The third kappa shape index (κ3) is 4.13. The van der Waals surface area contributed by atoms with Crippen LogP contribution in [-0.4, -0.2) is 29.0 Å². The lowest BCUT2D eigenvalue weighted by molar-refractivity contribution is -0.125. The van der Waals surface area contributed by atoms with Gasteiger partial charge in [-0.25, -0.2) is 18.7 Å². The Bertz CT molecular complexity index is 867. The van der Waals surface area contributed by atoms with Gasteiger partial charge < -0.3 is 10.2 Å². The first-order valence-electron chi connectivity index (χ1n) is 9.91. The molecule has 1 aliphatic carbocycles. The number of piperidine rings is 1. The summed E-state index contributed by atoms with van der Waals surface area (Å²) in [7, 11) is 0. The number of hydrogen-bond acceptors (Lipinski definition) is 4. The van der Waals surface area contributed by atoms with Crippen LogP contribution in [0.25, 0.3) is 0 Å². The van der Waals surface area contributed by atoms with Crippen LogP contribution in [0.2, 0.25) is 0 Å². The number of benzene rings is 1. The van der Waals surface area contributed by atoms with Crippen molar-refractivity contribution in [2.45, 2.75) is 45.1 Å². The van der Waals surface area contributed by atoms with Gasteiger partial charge in [0.2, 0.25) is 11.9 Å². The summed E-state index contributed by atoms with van der Waals surface area (Å²) < 4.78 is 27.0. The first-order valence-corrected chi connectivity index (χ1v) is 9.91. The number of rotatable bonds is 4. The van der Waals surface area contributed by atoms with Gasteiger partial charge in [-0.15, -0.1) is 0 Å². The van der Waals surface area contributed by atoms with E-state index in [4.69, 9.17) is 4.98 Å². The average molecular weight is 386 g/mol. The van der Waals surface area contributed by atoms with Crippen molar-refractivity contribution in [1.82, 2.24) is 15.3 Å². The highest BCUT2D eigenvalue weighted by Gasteiger charge is 2.27. The predicted molar refractivity (Wildman–Crippen MR) is 102 cm³/mol. The quantitative estimate of drug-likeness (QED) is 0.877. The van der Waals surface area contributed by atoms with Crippen molar-refractivity contribution in [2.24, 2.45) is 5.92 Å². The average Bonchev–Trinajstić information content (AvgIpc) is 2.74. The maximum atomic E-state index is 13.7. The van der Waals surface area contributed by atoms with Gasteiger partial charge in [0.25, 0.3) is 0 Å². The van der Waals surface area contributed by atoms with Crippen LogP contribution in [-0.2, 0) is 24.2 Å². The number of halogens is 2. The standard InChI is InChI=1S/C21H24F2N4O/c22-17-5-6-18(23)15(11-17)12-24-20(28)14-4-7-19-16(10-14)13-25-21(26-19)27-8-2-1-3-9-27/h5-6,11,13-14H,1-4,7-10,12H2,(H,24,28). The fourth-order valence-corrected chi connectivity index (χ4v) is 3.97. The number of nitrogens with zero attached hydrogens (tertiary/aromatic N) is 3. The van der Waals surface area contributed by atoms with Gasteiger partial charge in [0.15, 0.2) is 0 Å². The summed E-state index contributed by atoms with van der Waals surface area (Å²) in [5, 5.41) is 2.74. The highest BCUT2D eigenvalue weighted by molar-refractivity contribution is 5.79. The molecule has 1 saturated heterocycles. The van der Waals surface area contributed by atoms with E-state index in [0.717, 1.165) is 54.9 Å². The predicted octanol–water partition coefficient (Wildman–Crippen LogP) is 3.17. The second kappa shape index (κ2) is 8.20. The molecule has 0 spiro atoms. The lowest BCUT2D eigenvalue weighted by atomic mass is 9.86. The Morgan fingerprint density at radius 1 is 1.21 bits per heavy atom. The maximum Gasteiger partial charge on any atom is 0.225 e. The molecule has 1 fully saturated rings. The summed E-state index contributed by atoms with van der Waals surface area (Å²) in [6.45, 7) is 1.98. The zero-order valence-electron chi connectivity index (χ0n) is 15.8. The second-order valence-corrected chi connectivity index (χ2v) is 7.58. The van der Waals surface area contributed by atoms with E-state index in [9.17, 15) is 13.6 Å². The summed E-state index contributed by atoms with van der Waals surface area (Å²) in [5.74, 6) is -0.584. The normalized spacial score (nSPS) is 19.2. The van der Waals surface area contributed by atoms with E-state index >= 15 is 0 Å². The number of nitrogens with one attached hydrogen (secondary N) is 1. The van der Waals surface area contributed by atoms with E-state index in [1.165, 1.54) is 19.3 Å². The van der Waals surface area contributed by atoms with Gasteiger partial charge in [0.05, 0.1) is 0 Å². The molecule has 2 heterocycles. The van der Waals surface area contributed by atoms with Crippen LogP contribution in [0.1, 0.15) is 42.5 Å².